The Hall–Kier alpha value is -2.00. The molecule has 1 amide bonds. The average molecular weight is 344 g/mol. The van der Waals surface area contributed by atoms with Gasteiger partial charge in [-0.2, -0.15) is 0 Å². The van der Waals surface area contributed by atoms with Gasteiger partial charge in [-0.15, -0.1) is 0 Å². The van der Waals surface area contributed by atoms with Gasteiger partial charge in [0.15, 0.2) is 0 Å². The molecule has 2 aromatic carbocycles. The summed E-state index contributed by atoms with van der Waals surface area (Å²) in [5, 5.41) is 3.85. The molecular weight excluding hydrogens is 322 g/mol. The van der Waals surface area contributed by atoms with Crippen molar-refractivity contribution in [3.05, 3.63) is 64.7 Å². The fourth-order valence-corrected chi connectivity index (χ4v) is 3.45. The van der Waals surface area contributed by atoms with E-state index in [2.05, 4.69) is 17.4 Å². The van der Waals surface area contributed by atoms with Gasteiger partial charge in [-0.25, -0.2) is 0 Å². The van der Waals surface area contributed by atoms with E-state index in [1.807, 2.05) is 36.4 Å². The minimum absolute atomic E-state index is 0.0275. The molecule has 126 valence electrons. The maximum Gasteiger partial charge on any atom is 0.224 e. The highest BCUT2D eigenvalue weighted by Crippen LogP contribution is 2.43. The van der Waals surface area contributed by atoms with Gasteiger partial charge in [0.25, 0.3) is 0 Å². The zero-order chi connectivity index (χ0) is 17.0. The van der Waals surface area contributed by atoms with E-state index in [0.717, 1.165) is 29.2 Å². The van der Waals surface area contributed by atoms with Crippen LogP contribution in [0.3, 0.4) is 0 Å². The lowest BCUT2D eigenvalue weighted by Crippen LogP contribution is -2.45. The van der Waals surface area contributed by atoms with Crippen molar-refractivity contribution < 1.29 is 9.53 Å². The zero-order valence-corrected chi connectivity index (χ0v) is 14.6. The summed E-state index contributed by atoms with van der Waals surface area (Å²) in [6.07, 6.45) is 3.73. The van der Waals surface area contributed by atoms with Crippen molar-refractivity contribution in [2.45, 2.75) is 31.1 Å². The van der Waals surface area contributed by atoms with Crippen molar-refractivity contribution in [3.63, 3.8) is 0 Å². The van der Waals surface area contributed by atoms with E-state index in [1.165, 1.54) is 12.0 Å². The third-order valence-electron chi connectivity index (χ3n) is 4.93. The maximum atomic E-state index is 12.4. The molecule has 0 radical (unpaired) electrons. The number of methoxy groups -OCH3 is 1. The lowest BCUT2D eigenvalue weighted by Gasteiger charge is -2.42. The Kier molecular flexibility index (Phi) is 5.10. The van der Waals surface area contributed by atoms with Crippen LogP contribution in [0, 0.1) is 0 Å². The number of benzene rings is 2. The highest BCUT2D eigenvalue weighted by molar-refractivity contribution is 6.30. The van der Waals surface area contributed by atoms with Crippen LogP contribution in [-0.2, 0) is 16.6 Å². The Labute approximate surface area is 148 Å². The minimum atomic E-state index is 0.0275. The topological polar surface area (TPSA) is 38.3 Å². The molecule has 24 heavy (non-hydrogen) atoms. The SMILES string of the molecule is COc1ccccc1CC(=O)NCC1(c2ccc(Cl)cc2)CCC1. The molecule has 0 bridgehead atoms. The molecule has 0 spiro atoms. The van der Waals surface area contributed by atoms with Crippen LogP contribution in [0.2, 0.25) is 5.02 Å². The number of amides is 1. The third kappa shape index (κ3) is 3.57. The fraction of sp³-hybridized carbons (Fsp3) is 0.350. The van der Waals surface area contributed by atoms with Gasteiger partial charge >= 0.3 is 0 Å². The van der Waals surface area contributed by atoms with E-state index >= 15 is 0 Å². The van der Waals surface area contributed by atoms with E-state index < -0.39 is 0 Å². The molecule has 3 rings (SSSR count). The van der Waals surface area contributed by atoms with Crippen LogP contribution in [0.5, 0.6) is 5.75 Å². The number of ether oxygens (including phenoxy) is 1. The van der Waals surface area contributed by atoms with Gasteiger partial charge in [0.1, 0.15) is 5.75 Å². The molecule has 3 nitrogen and oxygen atoms in total. The van der Waals surface area contributed by atoms with Crippen LogP contribution >= 0.6 is 11.6 Å². The summed E-state index contributed by atoms with van der Waals surface area (Å²) in [5.74, 6) is 0.781. The summed E-state index contributed by atoms with van der Waals surface area (Å²) < 4.78 is 5.31. The molecule has 0 aliphatic heterocycles. The largest absolute Gasteiger partial charge is 0.496 e. The average Bonchev–Trinajstić information content (AvgIpc) is 2.56. The Bertz CT molecular complexity index is 708. The van der Waals surface area contributed by atoms with Gasteiger partial charge in [-0.05, 0) is 36.6 Å². The van der Waals surface area contributed by atoms with E-state index in [9.17, 15) is 4.79 Å². The van der Waals surface area contributed by atoms with Crippen molar-refractivity contribution in [2.24, 2.45) is 0 Å². The number of carbonyl (C=O) groups excluding carboxylic acids is 1. The molecule has 0 aromatic heterocycles. The molecule has 1 aliphatic carbocycles. The van der Waals surface area contributed by atoms with Gasteiger partial charge in [0.2, 0.25) is 5.91 Å². The lowest BCUT2D eigenvalue weighted by atomic mass is 9.64. The van der Waals surface area contributed by atoms with E-state index in [1.54, 1.807) is 7.11 Å². The van der Waals surface area contributed by atoms with E-state index in [0.29, 0.717) is 13.0 Å². The first-order valence-electron chi connectivity index (χ1n) is 8.28. The molecule has 0 atom stereocenters. The van der Waals surface area contributed by atoms with Gasteiger partial charge in [-0.3, -0.25) is 4.79 Å². The summed E-state index contributed by atoms with van der Waals surface area (Å²) in [4.78, 5) is 12.4. The Morgan fingerprint density at radius 2 is 1.88 bits per heavy atom. The quantitative estimate of drug-likeness (QED) is 0.856. The normalized spacial score (nSPS) is 15.4. The molecule has 1 saturated carbocycles. The molecule has 1 aliphatic rings. The second-order valence-corrected chi connectivity index (χ2v) is 6.84. The highest BCUT2D eigenvalue weighted by atomic mass is 35.5. The second-order valence-electron chi connectivity index (χ2n) is 6.41. The summed E-state index contributed by atoms with van der Waals surface area (Å²) in [7, 11) is 1.63. The second kappa shape index (κ2) is 7.27. The van der Waals surface area contributed by atoms with Crippen LogP contribution < -0.4 is 10.1 Å². The maximum absolute atomic E-state index is 12.4. The van der Waals surface area contributed by atoms with Crippen LogP contribution in [0.4, 0.5) is 0 Å². The molecule has 0 unspecified atom stereocenters. The number of carbonyl (C=O) groups is 1. The van der Waals surface area contributed by atoms with Crippen LogP contribution in [-0.4, -0.2) is 19.6 Å². The molecular formula is C20H22ClNO2. The first-order chi connectivity index (χ1) is 11.6. The number of hydrogen-bond acceptors (Lipinski definition) is 2. The smallest absolute Gasteiger partial charge is 0.224 e. The summed E-state index contributed by atoms with van der Waals surface area (Å²) in [5.41, 5.74) is 2.23. The van der Waals surface area contributed by atoms with Gasteiger partial charge in [-0.1, -0.05) is 48.4 Å². The first-order valence-corrected chi connectivity index (χ1v) is 8.65. The summed E-state index contributed by atoms with van der Waals surface area (Å²) in [6.45, 7) is 0.669. The van der Waals surface area contributed by atoms with Crippen LogP contribution in [0.1, 0.15) is 30.4 Å². The predicted octanol–water partition coefficient (Wildman–Crippen LogP) is 4.13. The summed E-state index contributed by atoms with van der Waals surface area (Å²) in [6, 6.07) is 15.6. The molecule has 1 fully saturated rings. The zero-order valence-electron chi connectivity index (χ0n) is 13.8. The summed E-state index contributed by atoms with van der Waals surface area (Å²) >= 11 is 5.99. The van der Waals surface area contributed by atoms with Crippen LogP contribution in [0.15, 0.2) is 48.5 Å². The number of rotatable bonds is 6. The molecule has 0 saturated heterocycles. The Morgan fingerprint density at radius 3 is 2.50 bits per heavy atom. The van der Waals surface area contributed by atoms with Crippen molar-refractivity contribution in [1.82, 2.24) is 5.32 Å². The van der Waals surface area contributed by atoms with Crippen molar-refractivity contribution in [1.29, 1.82) is 0 Å². The number of hydrogen-bond donors (Lipinski definition) is 1. The van der Waals surface area contributed by atoms with Crippen molar-refractivity contribution in [2.75, 3.05) is 13.7 Å². The third-order valence-corrected chi connectivity index (χ3v) is 5.19. The highest BCUT2D eigenvalue weighted by Gasteiger charge is 2.38. The number of halogens is 1. The molecule has 2 aromatic rings. The van der Waals surface area contributed by atoms with Gasteiger partial charge in [0.05, 0.1) is 13.5 Å². The number of nitrogens with one attached hydrogen (secondary N) is 1. The van der Waals surface area contributed by atoms with Crippen molar-refractivity contribution in [3.8, 4) is 5.75 Å². The lowest BCUT2D eigenvalue weighted by molar-refractivity contribution is -0.120. The molecule has 4 heteroatoms. The molecule has 0 heterocycles. The van der Waals surface area contributed by atoms with Gasteiger partial charge < -0.3 is 10.1 Å². The van der Waals surface area contributed by atoms with Crippen molar-refractivity contribution >= 4 is 17.5 Å². The minimum Gasteiger partial charge on any atom is -0.496 e. The van der Waals surface area contributed by atoms with E-state index in [4.69, 9.17) is 16.3 Å². The fourth-order valence-electron chi connectivity index (χ4n) is 3.33. The predicted molar refractivity (Wildman–Crippen MR) is 96.7 cm³/mol. The van der Waals surface area contributed by atoms with Crippen LogP contribution in [0.25, 0.3) is 0 Å². The Balaban J connectivity index is 1.63. The van der Waals surface area contributed by atoms with Gasteiger partial charge in [0, 0.05) is 22.5 Å². The Morgan fingerprint density at radius 1 is 1.17 bits per heavy atom. The monoisotopic (exact) mass is 343 g/mol. The standard InChI is InChI=1S/C20H22ClNO2/c1-24-18-6-3-2-5-15(18)13-19(23)22-14-20(11-4-12-20)16-7-9-17(21)10-8-16/h2-3,5-10H,4,11-14H2,1H3,(H,22,23). The number of para-hydroxylation sites is 1. The van der Waals surface area contributed by atoms with E-state index in [-0.39, 0.29) is 11.3 Å². The first kappa shape index (κ1) is 16.8. The molecule has 1 N–H and O–H groups in total.